The molecule has 0 aliphatic carbocycles. The maximum absolute atomic E-state index is 13.9. The predicted molar refractivity (Wildman–Crippen MR) is 135 cm³/mol. The topological polar surface area (TPSA) is 93.9 Å². The van der Waals surface area contributed by atoms with E-state index in [0.717, 1.165) is 11.0 Å². The largest absolute Gasteiger partial charge is 0.450 e. The normalized spacial score (nSPS) is 13.4. The zero-order chi connectivity index (χ0) is 28.2. The summed E-state index contributed by atoms with van der Waals surface area (Å²) < 4.78 is 52.1. The molecule has 0 radical (unpaired) electrons. The minimum absolute atomic E-state index is 0.0291. The number of amides is 2. The van der Waals surface area contributed by atoms with Gasteiger partial charge in [0.05, 0.1) is 27.6 Å². The molecule has 3 aromatic carbocycles. The van der Waals surface area contributed by atoms with Crippen molar-refractivity contribution < 1.29 is 36.7 Å². The number of esters is 1. The fraction of sp³-hybridized carbons (Fsp3) is 0.143. The number of carbonyl (C=O) groups is 3. The van der Waals surface area contributed by atoms with Gasteiger partial charge in [-0.1, -0.05) is 23.7 Å². The number of hydrogen-bond acceptors (Lipinski definition) is 6. The molecule has 1 aromatic heterocycles. The molecule has 0 unspecified atom stereocenters. The van der Waals surface area contributed by atoms with Crippen LogP contribution in [0.3, 0.4) is 0 Å². The quantitative estimate of drug-likeness (QED) is 0.165. The number of ether oxygens (including phenoxy) is 1. The molecular formula is C28H17ClF3NO6. The van der Waals surface area contributed by atoms with Gasteiger partial charge in [-0.15, -0.1) is 0 Å². The van der Waals surface area contributed by atoms with E-state index in [1.165, 1.54) is 54.6 Å². The maximum atomic E-state index is 13.9. The molecule has 2 amide bonds. The standard InChI is InChI=1S/C28H17ClF3NO6/c1-13(2)33-25(35)18-9-5-15(11-20(18)26(33)36)27(37)38-17-8-10-19-21(12-17)39-24(28(30,31)32)22(23(19)34)14-3-6-16(29)7-4-14/h3-13H,1-2H3. The highest BCUT2D eigenvalue weighted by Gasteiger charge is 2.40. The number of carbonyl (C=O) groups excluding carboxylic acids is 3. The Hall–Kier alpha value is -4.44. The number of imide groups is 1. The van der Waals surface area contributed by atoms with Gasteiger partial charge in [0.2, 0.25) is 11.2 Å². The maximum Gasteiger partial charge on any atom is 0.450 e. The minimum atomic E-state index is -5.01. The van der Waals surface area contributed by atoms with E-state index in [2.05, 4.69) is 0 Å². The van der Waals surface area contributed by atoms with Crippen LogP contribution in [-0.2, 0) is 6.18 Å². The number of halogens is 4. The van der Waals surface area contributed by atoms with Crippen LogP contribution < -0.4 is 10.2 Å². The molecular weight excluding hydrogens is 539 g/mol. The molecule has 0 fully saturated rings. The molecule has 5 rings (SSSR count). The number of benzene rings is 3. The van der Waals surface area contributed by atoms with Crippen LogP contribution >= 0.6 is 11.6 Å². The summed E-state index contributed by atoms with van der Waals surface area (Å²) >= 11 is 5.83. The summed E-state index contributed by atoms with van der Waals surface area (Å²) in [4.78, 5) is 52.1. The molecule has 39 heavy (non-hydrogen) atoms. The SMILES string of the molecule is CC(C)N1C(=O)c2ccc(C(=O)Oc3ccc4c(=O)c(-c5ccc(Cl)cc5)c(C(F)(F)F)oc4c3)cc2C1=O. The Morgan fingerprint density at radius 1 is 0.923 bits per heavy atom. The highest BCUT2D eigenvalue weighted by Crippen LogP contribution is 2.38. The third-order valence-corrected chi connectivity index (χ3v) is 6.39. The Morgan fingerprint density at radius 2 is 1.59 bits per heavy atom. The second kappa shape index (κ2) is 9.39. The number of alkyl halides is 3. The lowest BCUT2D eigenvalue weighted by molar-refractivity contribution is -0.152. The Kier molecular flexibility index (Phi) is 6.30. The van der Waals surface area contributed by atoms with E-state index >= 15 is 0 Å². The molecule has 0 bridgehead atoms. The first-order valence-electron chi connectivity index (χ1n) is 11.5. The fourth-order valence-electron chi connectivity index (χ4n) is 4.34. The van der Waals surface area contributed by atoms with Gasteiger partial charge in [0.15, 0.2) is 0 Å². The lowest BCUT2D eigenvalue weighted by atomic mass is 10.0. The molecule has 11 heteroatoms. The van der Waals surface area contributed by atoms with Gasteiger partial charge in [0.1, 0.15) is 11.3 Å². The molecule has 1 aliphatic heterocycles. The van der Waals surface area contributed by atoms with Crippen LogP contribution in [0.1, 0.15) is 50.7 Å². The smallest absolute Gasteiger partial charge is 0.450 e. The fourth-order valence-corrected chi connectivity index (χ4v) is 4.46. The summed E-state index contributed by atoms with van der Waals surface area (Å²) in [5, 5.41) is 0.115. The first kappa shape index (κ1) is 26.2. The van der Waals surface area contributed by atoms with Crippen molar-refractivity contribution in [2.75, 3.05) is 0 Å². The van der Waals surface area contributed by atoms with Gasteiger partial charge in [-0.25, -0.2) is 4.79 Å². The average molecular weight is 556 g/mol. The van der Waals surface area contributed by atoms with Crippen molar-refractivity contribution in [3.63, 3.8) is 0 Å². The van der Waals surface area contributed by atoms with Crippen LogP contribution in [-0.4, -0.2) is 28.7 Å². The molecule has 0 saturated carbocycles. The van der Waals surface area contributed by atoms with Crippen molar-refractivity contribution in [2.24, 2.45) is 0 Å². The summed E-state index contributed by atoms with van der Waals surface area (Å²) in [5.74, 6) is -3.68. The molecule has 1 aliphatic rings. The van der Waals surface area contributed by atoms with Gasteiger partial charge < -0.3 is 9.15 Å². The number of rotatable bonds is 4. The minimum Gasteiger partial charge on any atom is -0.450 e. The zero-order valence-corrected chi connectivity index (χ0v) is 21.0. The number of fused-ring (bicyclic) bond motifs is 2. The lowest BCUT2D eigenvalue weighted by Crippen LogP contribution is -2.35. The molecule has 4 aromatic rings. The Morgan fingerprint density at radius 3 is 2.23 bits per heavy atom. The van der Waals surface area contributed by atoms with Crippen LogP contribution in [0.4, 0.5) is 13.2 Å². The lowest BCUT2D eigenvalue weighted by Gasteiger charge is -2.17. The van der Waals surface area contributed by atoms with Gasteiger partial charge in [0, 0.05) is 17.1 Å². The second-order valence-corrected chi connectivity index (χ2v) is 9.46. The van der Waals surface area contributed by atoms with Crippen molar-refractivity contribution in [1.82, 2.24) is 4.90 Å². The average Bonchev–Trinajstić information content (AvgIpc) is 3.13. The van der Waals surface area contributed by atoms with E-state index in [4.69, 9.17) is 20.8 Å². The highest BCUT2D eigenvalue weighted by molar-refractivity contribution is 6.30. The van der Waals surface area contributed by atoms with Gasteiger partial charge in [-0.2, -0.15) is 13.2 Å². The van der Waals surface area contributed by atoms with Crippen LogP contribution in [0.2, 0.25) is 5.02 Å². The van der Waals surface area contributed by atoms with Gasteiger partial charge >= 0.3 is 12.1 Å². The molecule has 7 nitrogen and oxygen atoms in total. The van der Waals surface area contributed by atoms with E-state index in [1.54, 1.807) is 13.8 Å². The van der Waals surface area contributed by atoms with Crippen molar-refractivity contribution in [3.8, 4) is 16.9 Å². The second-order valence-electron chi connectivity index (χ2n) is 9.02. The highest BCUT2D eigenvalue weighted by atomic mass is 35.5. The van der Waals surface area contributed by atoms with E-state index in [0.29, 0.717) is 0 Å². The monoisotopic (exact) mass is 555 g/mol. The summed E-state index contributed by atoms with van der Waals surface area (Å²) in [6.07, 6.45) is -5.01. The van der Waals surface area contributed by atoms with Crippen molar-refractivity contribution >= 4 is 40.4 Å². The van der Waals surface area contributed by atoms with E-state index < -0.39 is 46.3 Å². The Labute approximate surface area is 223 Å². The van der Waals surface area contributed by atoms with Crippen LogP contribution in [0.5, 0.6) is 5.75 Å². The van der Waals surface area contributed by atoms with E-state index in [9.17, 15) is 32.3 Å². The van der Waals surface area contributed by atoms with Crippen molar-refractivity contribution in [1.29, 1.82) is 0 Å². The summed E-state index contributed by atoms with van der Waals surface area (Å²) in [5.41, 5.74) is -1.96. The summed E-state index contributed by atoms with van der Waals surface area (Å²) in [7, 11) is 0. The molecule has 198 valence electrons. The number of hydrogen-bond donors (Lipinski definition) is 0. The van der Waals surface area contributed by atoms with Crippen LogP contribution in [0.15, 0.2) is 69.9 Å². The number of nitrogens with zero attached hydrogens (tertiary/aromatic N) is 1. The van der Waals surface area contributed by atoms with Crippen molar-refractivity contribution in [2.45, 2.75) is 26.1 Å². The molecule has 2 heterocycles. The molecule has 0 spiro atoms. The third kappa shape index (κ3) is 4.57. The Balaban J connectivity index is 1.51. The summed E-state index contributed by atoms with van der Waals surface area (Å²) in [6.45, 7) is 3.36. The first-order valence-corrected chi connectivity index (χ1v) is 11.9. The third-order valence-electron chi connectivity index (χ3n) is 6.13. The van der Waals surface area contributed by atoms with Crippen molar-refractivity contribution in [3.05, 3.63) is 98.4 Å². The first-order chi connectivity index (χ1) is 18.4. The van der Waals surface area contributed by atoms with Crippen LogP contribution in [0, 0.1) is 0 Å². The molecule has 0 N–H and O–H groups in total. The molecule has 0 saturated heterocycles. The zero-order valence-electron chi connectivity index (χ0n) is 20.3. The van der Waals surface area contributed by atoms with E-state index in [1.807, 2.05) is 0 Å². The summed E-state index contributed by atoms with van der Waals surface area (Å²) in [6, 6.07) is 12.2. The van der Waals surface area contributed by atoms with E-state index in [-0.39, 0.29) is 44.5 Å². The Bertz CT molecular complexity index is 1740. The van der Waals surface area contributed by atoms with Gasteiger partial charge in [-0.05, 0) is 61.9 Å². The molecule has 0 atom stereocenters. The van der Waals surface area contributed by atoms with Crippen LogP contribution in [0.25, 0.3) is 22.1 Å². The predicted octanol–water partition coefficient (Wildman–Crippen LogP) is 6.36. The van der Waals surface area contributed by atoms with Gasteiger partial charge in [-0.3, -0.25) is 19.3 Å². The van der Waals surface area contributed by atoms with Gasteiger partial charge in [0.25, 0.3) is 11.8 Å².